The lowest BCUT2D eigenvalue weighted by Crippen LogP contribution is -2.34. The molecule has 0 radical (unpaired) electrons. The summed E-state index contributed by atoms with van der Waals surface area (Å²) in [6, 6.07) is 7.83. The SMILES string of the molecule is C=C(C)CCN1CCC(C(=O)O)c2ccccc21. The van der Waals surface area contributed by atoms with Gasteiger partial charge in [0.15, 0.2) is 0 Å². The Morgan fingerprint density at radius 1 is 1.50 bits per heavy atom. The molecule has 0 amide bonds. The predicted molar refractivity (Wildman–Crippen MR) is 73.1 cm³/mol. The van der Waals surface area contributed by atoms with E-state index in [4.69, 9.17) is 0 Å². The lowest BCUT2D eigenvalue weighted by Gasteiger charge is -2.34. The van der Waals surface area contributed by atoms with E-state index in [2.05, 4.69) is 11.5 Å². The van der Waals surface area contributed by atoms with Crippen LogP contribution in [-0.2, 0) is 4.79 Å². The Bertz CT molecular complexity index is 467. The third-order valence-corrected chi connectivity index (χ3v) is 3.45. The third kappa shape index (κ3) is 2.55. The van der Waals surface area contributed by atoms with E-state index >= 15 is 0 Å². The first-order valence-corrected chi connectivity index (χ1v) is 6.30. The zero-order valence-electron chi connectivity index (χ0n) is 10.7. The first-order valence-electron chi connectivity index (χ1n) is 6.30. The third-order valence-electron chi connectivity index (χ3n) is 3.45. The average molecular weight is 245 g/mol. The summed E-state index contributed by atoms with van der Waals surface area (Å²) in [5.41, 5.74) is 3.17. The molecule has 0 aromatic heterocycles. The summed E-state index contributed by atoms with van der Waals surface area (Å²) in [6.07, 6.45) is 1.63. The molecule has 1 unspecified atom stereocenters. The van der Waals surface area contributed by atoms with Crippen molar-refractivity contribution < 1.29 is 9.90 Å². The van der Waals surface area contributed by atoms with E-state index < -0.39 is 5.97 Å². The monoisotopic (exact) mass is 245 g/mol. The average Bonchev–Trinajstić information content (AvgIpc) is 2.35. The standard InChI is InChI=1S/C15H19NO2/c1-11(2)7-9-16-10-8-13(15(17)18)12-5-3-4-6-14(12)16/h3-6,13H,1,7-10H2,2H3,(H,17,18). The normalized spacial score (nSPS) is 18.3. The number of hydrogen-bond acceptors (Lipinski definition) is 2. The largest absolute Gasteiger partial charge is 0.481 e. The molecule has 18 heavy (non-hydrogen) atoms. The topological polar surface area (TPSA) is 40.5 Å². The van der Waals surface area contributed by atoms with Crippen LogP contribution in [0.25, 0.3) is 0 Å². The highest BCUT2D eigenvalue weighted by molar-refractivity contribution is 5.80. The van der Waals surface area contributed by atoms with Crippen LogP contribution < -0.4 is 4.90 Å². The smallest absolute Gasteiger partial charge is 0.311 e. The van der Waals surface area contributed by atoms with Crippen LogP contribution in [0.2, 0.25) is 0 Å². The number of hydrogen-bond donors (Lipinski definition) is 1. The molecule has 1 heterocycles. The number of carbonyl (C=O) groups is 1. The molecule has 1 aliphatic rings. The van der Waals surface area contributed by atoms with Gasteiger partial charge in [-0.05, 0) is 31.4 Å². The van der Waals surface area contributed by atoms with Crippen molar-refractivity contribution in [3.8, 4) is 0 Å². The van der Waals surface area contributed by atoms with Gasteiger partial charge in [-0.3, -0.25) is 4.79 Å². The maximum Gasteiger partial charge on any atom is 0.311 e. The second kappa shape index (κ2) is 5.25. The van der Waals surface area contributed by atoms with Gasteiger partial charge < -0.3 is 10.0 Å². The first kappa shape index (κ1) is 12.7. The van der Waals surface area contributed by atoms with E-state index in [1.165, 1.54) is 0 Å². The highest BCUT2D eigenvalue weighted by atomic mass is 16.4. The zero-order valence-corrected chi connectivity index (χ0v) is 10.7. The van der Waals surface area contributed by atoms with Gasteiger partial charge in [-0.15, -0.1) is 6.58 Å². The number of para-hydroxylation sites is 1. The van der Waals surface area contributed by atoms with Gasteiger partial charge in [-0.1, -0.05) is 23.8 Å². The molecule has 3 heteroatoms. The number of rotatable bonds is 4. The molecule has 3 nitrogen and oxygen atoms in total. The number of fused-ring (bicyclic) bond motifs is 1. The Balaban J connectivity index is 2.24. The number of carboxylic acid groups (broad SMARTS) is 1. The molecular weight excluding hydrogens is 226 g/mol. The van der Waals surface area contributed by atoms with Crippen molar-refractivity contribution in [2.75, 3.05) is 18.0 Å². The molecule has 1 aromatic rings. The highest BCUT2D eigenvalue weighted by Gasteiger charge is 2.29. The van der Waals surface area contributed by atoms with Crippen molar-refractivity contribution >= 4 is 11.7 Å². The molecule has 0 fully saturated rings. The van der Waals surface area contributed by atoms with Crippen LogP contribution in [0.5, 0.6) is 0 Å². The van der Waals surface area contributed by atoms with Gasteiger partial charge in [0.25, 0.3) is 0 Å². The molecule has 0 bridgehead atoms. The summed E-state index contributed by atoms with van der Waals surface area (Å²) in [7, 11) is 0. The summed E-state index contributed by atoms with van der Waals surface area (Å²) < 4.78 is 0. The summed E-state index contributed by atoms with van der Waals surface area (Å²) in [4.78, 5) is 13.5. The number of carboxylic acids is 1. The second-order valence-corrected chi connectivity index (χ2v) is 4.93. The highest BCUT2D eigenvalue weighted by Crippen LogP contribution is 2.35. The van der Waals surface area contributed by atoms with Crippen LogP contribution in [0.3, 0.4) is 0 Å². The van der Waals surface area contributed by atoms with Gasteiger partial charge in [0.1, 0.15) is 0 Å². The number of benzene rings is 1. The Labute approximate surface area is 108 Å². The summed E-state index contributed by atoms with van der Waals surface area (Å²) in [5.74, 6) is -1.08. The van der Waals surface area contributed by atoms with Crippen molar-refractivity contribution in [2.24, 2.45) is 0 Å². The lowest BCUT2D eigenvalue weighted by atomic mass is 9.90. The fourth-order valence-corrected chi connectivity index (χ4v) is 2.45. The van der Waals surface area contributed by atoms with Crippen LogP contribution in [0.4, 0.5) is 5.69 Å². The quantitative estimate of drug-likeness (QED) is 0.829. The maximum atomic E-state index is 11.3. The van der Waals surface area contributed by atoms with Crippen LogP contribution in [0, 0.1) is 0 Å². The molecule has 1 aromatic carbocycles. The van der Waals surface area contributed by atoms with E-state index in [0.717, 1.165) is 36.3 Å². The molecule has 1 aliphatic heterocycles. The predicted octanol–water partition coefficient (Wildman–Crippen LogP) is 3.03. The minimum atomic E-state index is -0.720. The fraction of sp³-hybridized carbons (Fsp3) is 0.400. The van der Waals surface area contributed by atoms with Crippen molar-refractivity contribution in [1.82, 2.24) is 0 Å². The van der Waals surface area contributed by atoms with Crippen LogP contribution in [0.15, 0.2) is 36.4 Å². The van der Waals surface area contributed by atoms with Gasteiger partial charge >= 0.3 is 5.97 Å². The van der Waals surface area contributed by atoms with Crippen molar-refractivity contribution in [3.05, 3.63) is 42.0 Å². The van der Waals surface area contributed by atoms with Crippen LogP contribution in [-0.4, -0.2) is 24.2 Å². The van der Waals surface area contributed by atoms with Gasteiger partial charge in [0, 0.05) is 18.8 Å². The van der Waals surface area contributed by atoms with Gasteiger partial charge in [0.05, 0.1) is 5.92 Å². The Morgan fingerprint density at radius 3 is 2.89 bits per heavy atom. The number of aliphatic carboxylic acids is 1. The van der Waals surface area contributed by atoms with E-state index in [9.17, 15) is 9.90 Å². The fourth-order valence-electron chi connectivity index (χ4n) is 2.45. The Kier molecular flexibility index (Phi) is 3.70. The van der Waals surface area contributed by atoms with Crippen LogP contribution in [0.1, 0.15) is 31.2 Å². The zero-order chi connectivity index (χ0) is 13.1. The van der Waals surface area contributed by atoms with Crippen molar-refractivity contribution in [2.45, 2.75) is 25.7 Å². The molecule has 0 spiro atoms. The van der Waals surface area contributed by atoms with Gasteiger partial charge in [-0.2, -0.15) is 0 Å². The molecule has 96 valence electrons. The number of nitrogens with zero attached hydrogens (tertiary/aromatic N) is 1. The van der Waals surface area contributed by atoms with E-state index in [0.29, 0.717) is 6.42 Å². The summed E-state index contributed by atoms with van der Waals surface area (Å²) in [5, 5.41) is 9.26. The lowest BCUT2D eigenvalue weighted by molar-refractivity contribution is -0.139. The Morgan fingerprint density at radius 2 is 2.22 bits per heavy atom. The molecule has 1 atom stereocenters. The van der Waals surface area contributed by atoms with E-state index in [-0.39, 0.29) is 5.92 Å². The molecule has 0 saturated carbocycles. The van der Waals surface area contributed by atoms with Gasteiger partial charge in [0.2, 0.25) is 0 Å². The molecule has 0 saturated heterocycles. The second-order valence-electron chi connectivity index (χ2n) is 4.93. The van der Waals surface area contributed by atoms with E-state index in [1.54, 1.807) is 0 Å². The maximum absolute atomic E-state index is 11.3. The molecule has 1 N–H and O–H groups in total. The number of anilines is 1. The first-order chi connectivity index (χ1) is 8.59. The van der Waals surface area contributed by atoms with Crippen molar-refractivity contribution in [1.29, 1.82) is 0 Å². The summed E-state index contributed by atoms with van der Waals surface area (Å²) in [6.45, 7) is 7.66. The minimum absolute atomic E-state index is 0.359. The Hall–Kier alpha value is -1.77. The van der Waals surface area contributed by atoms with Crippen LogP contribution >= 0.6 is 0 Å². The minimum Gasteiger partial charge on any atom is -0.481 e. The summed E-state index contributed by atoms with van der Waals surface area (Å²) >= 11 is 0. The van der Waals surface area contributed by atoms with Gasteiger partial charge in [-0.25, -0.2) is 0 Å². The molecule has 2 rings (SSSR count). The molecular formula is C15H19NO2. The van der Waals surface area contributed by atoms with E-state index in [1.807, 2.05) is 31.2 Å². The van der Waals surface area contributed by atoms with Crippen molar-refractivity contribution in [3.63, 3.8) is 0 Å². The molecule has 0 aliphatic carbocycles.